The highest BCUT2D eigenvalue weighted by Gasteiger charge is 2.38. The van der Waals surface area contributed by atoms with E-state index in [2.05, 4.69) is 20.4 Å². The van der Waals surface area contributed by atoms with E-state index in [1.165, 1.54) is 7.11 Å². The van der Waals surface area contributed by atoms with E-state index >= 15 is 0 Å². The number of nitrogens with one attached hydrogen (secondary N) is 1. The molecule has 164 valence electrons. The number of carbonyl (C=O) groups excluding carboxylic acids is 1. The number of amides is 1. The zero-order valence-electron chi connectivity index (χ0n) is 17.2. The van der Waals surface area contributed by atoms with Crippen LogP contribution in [-0.4, -0.2) is 45.2 Å². The van der Waals surface area contributed by atoms with Crippen LogP contribution < -0.4 is 15.0 Å². The number of halogens is 3. The van der Waals surface area contributed by atoms with Gasteiger partial charge in [-0.1, -0.05) is 6.07 Å². The van der Waals surface area contributed by atoms with Gasteiger partial charge in [-0.2, -0.15) is 22.7 Å². The van der Waals surface area contributed by atoms with E-state index < -0.39 is 18.0 Å². The van der Waals surface area contributed by atoms with E-state index in [0.717, 1.165) is 10.1 Å². The molecule has 0 radical (unpaired) electrons. The molecule has 31 heavy (non-hydrogen) atoms. The van der Waals surface area contributed by atoms with E-state index in [4.69, 9.17) is 4.74 Å². The molecule has 0 spiro atoms. The molecule has 1 N–H and O–H groups in total. The quantitative estimate of drug-likeness (QED) is 0.678. The molecule has 1 aliphatic rings. The van der Waals surface area contributed by atoms with Crippen LogP contribution in [0.15, 0.2) is 24.3 Å². The van der Waals surface area contributed by atoms with E-state index in [1.807, 2.05) is 13.0 Å². The predicted octanol–water partition coefficient (Wildman–Crippen LogP) is 3.38. The predicted molar refractivity (Wildman–Crippen MR) is 107 cm³/mol. The smallest absolute Gasteiger partial charge is 0.453 e. The standard InChI is InChI=1S/C20H21F3N6O2/c1-11-6-7-15(31-3)13(9-11)25-17(30)14-5-4-8-28(14)16-10-12(2)24-19-26-18(20(21,22)23)27-29(16)19/h6-7,9-10,14H,4-5,8H2,1-3H3,(H,25,30). The Hall–Kier alpha value is -3.37. The Labute approximate surface area is 176 Å². The maximum atomic E-state index is 13.1. The van der Waals surface area contributed by atoms with Crippen LogP contribution in [0.2, 0.25) is 0 Å². The number of fused-ring (bicyclic) bond motifs is 1. The minimum atomic E-state index is -4.69. The van der Waals surface area contributed by atoms with Gasteiger partial charge in [0.05, 0.1) is 12.8 Å². The normalized spacial score (nSPS) is 16.7. The van der Waals surface area contributed by atoms with Crippen molar-refractivity contribution in [2.75, 3.05) is 23.9 Å². The van der Waals surface area contributed by atoms with Gasteiger partial charge in [0.15, 0.2) is 0 Å². The van der Waals surface area contributed by atoms with Crippen LogP contribution in [0.1, 0.15) is 29.9 Å². The summed E-state index contributed by atoms with van der Waals surface area (Å²) in [5.74, 6) is -0.832. The van der Waals surface area contributed by atoms with Crippen LogP contribution in [-0.2, 0) is 11.0 Å². The molecule has 4 rings (SSSR count). The average molecular weight is 434 g/mol. The van der Waals surface area contributed by atoms with Gasteiger partial charge in [-0.15, -0.1) is 5.10 Å². The van der Waals surface area contributed by atoms with Crippen LogP contribution in [0, 0.1) is 13.8 Å². The van der Waals surface area contributed by atoms with Gasteiger partial charge in [-0.05, 0) is 44.4 Å². The first-order valence-corrected chi connectivity index (χ1v) is 9.71. The van der Waals surface area contributed by atoms with Gasteiger partial charge >= 0.3 is 6.18 Å². The van der Waals surface area contributed by atoms with Gasteiger partial charge in [0.2, 0.25) is 5.91 Å². The SMILES string of the molecule is COc1ccc(C)cc1NC(=O)C1CCCN1c1cc(C)nc2nc(C(F)(F)F)nn12. The molecule has 0 aliphatic carbocycles. The summed E-state index contributed by atoms with van der Waals surface area (Å²) in [6, 6.07) is 6.46. The lowest BCUT2D eigenvalue weighted by Gasteiger charge is -2.26. The van der Waals surface area contributed by atoms with Crippen LogP contribution in [0.3, 0.4) is 0 Å². The van der Waals surface area contributed by atoms with Crippen molar-refractivity contribution in [2.45, 2.75) is 38.9 Å². The lowest BCUT2D eigenvalue weighted by atomic mass is 10.1. The van der Waals surface area contributed by atoms with Gasteiger partial charge in [0, 0.05) is 18.3 Å². The molecule has 1 saturated heterocycles. The monoisotopic (exact) mass is 434 g/mol. The first-order chi connectivity index (χ1) is 14.7. The fraction of sp³-hybridized carbons (Fsp3) is 0.400. The number of ether oxygens (including phenoxy) is 1. The Balaban J connectivity index is 1.69. The topological polar surface area (TPSA) is 84.6 Å². The minimum Gasteiger partial charge on any atom is -0.495 e. The molecule has 0 bridgehead atoms. The second kappa shape index (κ2) is 7.71. The Morgan fingerprint density at radius 1 is 1.23 bits per heavy atom. The number of methoxy groups -OCH3 is 1. The molecule has 1 atom stereocenters. The molecule has 1 unspecified atom stereocenters. The van der Waals surface area contributed by atoms with Crippen LogP contribution in [0.4, 0.5) is 24.7 Å². The fourth-order valence-corrected chi connectivity index (χ4v) is 3.74. The number of aromatic nitrogens is 4. The molecule has 1 amide bonds. The lowest BCUT2D eigenvalue weighted by Crippen LogP contribution is -2.40. The highest BCUT2D eigenvalue weighted by Crippen LogP contribution is 2.31. The number of carbonyl (C=O) groups is 1. The van der Waals surface area contributed by atoms with Crippen molar-refractivity contribution in [1.29, 1.82) is 0 Å². The molecule has 3 aromatic rings. The van der Waals surface area contributed by atoms with Gasteiger partial charge in [-0.25, -0.2) is 4.98 Å². The Kier molecular flexibility index (Phi) is 5.19. The molecular weight excluding hydrogens is 413 g/mol. The Morgan fingerprint density at radius 3 is 2.71 bits per heavy atom. The number of hydrogen-bond donors (Lipinski definition) is 1. The maximum Gasteiger partial charge on any atom is 0.453 e. The summed E-state index contributed by atoms with van der Waals surface area (Å²) in [6.07, 6.45) is -3.45. The van der Waals surface area contributed by atoms with Crippen molar-refractivity contribution in [2.24, 2.45) is 0 Å². The fourth-order valence-electron chi connectivity index (χ4n) is 3.74. The third kappa shape index (κ3) is 3.99. The van der Waals surface area contributed by atoms with Crippen molar-refractivity contribution in [3.8, 4) is 5.75 Å². The van der Waals surface area contributed by atoms with Crippen molar-refractivity contribution in [3.05, 3.63) is 41.3 Å². The maximum absolute atomic E-state index is 13.1. The van der Waals surface area contributed by atoms with Crippen LogP contribution in [0.5, 0.6) is 5.75 Å². The van der Waals surface area contributed by atoms with Crippen LogP contribution >= 0.6 is 0 Å². The molecule has 1 aromatic carbocycles. The number of benzene rings is 1. The molecule has 3 heterocycles. The summed E-state index contributed by atoms with van der Waals surface area (Å²) < 4.78 is 45.8. The zero-order valence-corrected chi connectivity index (χ0v) is 17.2. The first kappa shape index (κ1) is 20.9. The molecular formula is C20H21F3N6O2. The van der Waals surface area contributed by atoms with Crippen LogP contribution in [0.25, 0.3) is 5.78 Å². The van der Waals surface area contributed by atoms with Crippen molar-refractivity contribution in [1.82, 2.24) is 19.6 Å². The van der Waals surface area contributed by atoms with Crippen molar-refractivity contribution < 1.29 is 22.7 Å². The largest absolute Gasteiger partial charge is 0.495 e. The van der Waals surface area contributed by atoms with Crippen molar-refractivity contribution >= 4 is 23.2 Å². The van der Waals surface area contributed by atoms with E-state index in [-0.39, 0.29) is 11.7 Å². The highest BCUT2D eigenvalue weighted by molar-refractivity contribution is 5.98. The van der Waals surface area contributed by atoms with Gasteiger partial charge < -0.3 is 15.0 Å². The number of hydrogen-bond acceptors (Lipinski definition) is 6. The Morgan fingerprint density at radius 2 is 2.00 bits per heavy atom. The van der Waals surface area contributed by atoms with E-state index in [9.17, 15) is 18.0 Å². The summed E-state index contributed by atoms with van der Waals surface area (Å²) in [6.45, 7) is 4.05. The molecule has 8 nitrogen and oxygen atoms in total. The molecule has 1 aliphatic heterocycles. The van der Waals surface area contributed by atoms with E-state index in [1.54, 1.807) is 30.0 Å². The second-order valence-electron chi connectivity index (χ2n) is 7.45. The summed E-state index contributed by atoms with van der Waals surface area (Å²) in [7, 11) is 1.52. The van der Waals surface area contributed by atoms with Gasteiger partial charge in [0.25, 0.3) is 11.6 Å². The number of alkyl halides is 3. The average Bonchev–Trinajstić information content (AvgIpc) is 3.34. The van der Waals surface area contributed by atoms with E-state index in [0.29, 0.717) is 42.3 Å². The number of rotatable bonds is 4. The lowest BCUT2D eigenvalue weighted by molar-refractivity contribution is -0.144. The van der Waals surface area contributed by atoms with Gasteiger partial charge in [-0.3, -0.25) is 4.79 Å². The number of anilines is 2. The van der Waals surface area contributed by atoms with Crippen molar-refractivity contribution in [3.63, 3.8) is 0 Å². The molecule has 1 fully saturated rings. The number of nitrogens with zero attached hydrogens (tertiary/aromatic N) is 5. The second-order valence-corrected chi connectivity index (χ2v) is 7.45. The summed E-state index contributed by atoms with van der Waals surface area (Å²) >= 11 is 0. The molecule has 11 heteroatoms. The highest BCUT2D eigenvalue weighted by atomic mass is 19.4. The third-order valence-corrected chi connectivity index (χ3v) is 5.14. The molecule has 2 aromatic heterocycles. The summed E-state index contributed by atoms with van der Waals surface area (Å²) in [5.41, 5.74) is 1.97. The number of aryl methyl sites for hydroxylation is 2. The summed E-state index contributed by atoms with van der Waals surface area (Å²) in [5, 5.41) is 6.50. The molecule has 0 saturated carbocycles. The minimum absolute atomic E-state index is 0.159. The summed E-state index contributed by atoms with van der Waals surface area (Å²) in [4.78, 5) is 22.4. The third-order valence-electron chi connectivity index (χ3n) is 5.14. The zero-order chi connectivity index (χ0) is 22.3. The van der Waals surface area contributed by atoms with Gasteiger partial charge in [0.1, 0.15) is 17.6 Å². The first-order valence-electron chi connectivity index (χ1n) is 9.71. The Bertz CT molecular complexity index is 1140.